The molecule has 0 radical (unpaired) electrons. The molecule has 0 saturated carbocycles. The quantitative estimate of drug-likeness (QED) is 0.243. The van der Waals surface area contributed by atoms with Gasteiger partial charge in [0.15, 0.2) is 15.8 Å². The Kier molecular flexibility index (Phi) is 14.6. The van der Waals surface area contributed by atoms with Crippen LogP contribution in [0.2, 0.25) is 0 Å². The van der Waals surface area contributed by atoms with E-state index in [1.54, 1.807) is 0 Å². The van der Waals surface area contributed by atoms with Crippen LogP contribution >= 0.6 is 24.0 Å². The minimum atomic E-state index is -3.00. The molecule has 0 heterocycles. The van der Waals surface area contributed by atoms with E-state index < -0.39 is 9.84 Å². The summed E-state index contributed by atoms with van der Waals surface area (Å²) in [4.78, 5) is 7.11. The van der Waals surface area contributed by atoms with Gasteiger partial charge in [0.1, 0.15) is 0 Å². The van der Waals surface area contributed by atoms with Gasteiger partial charge in [-0.3, -0.25) is 0 Å². The van der Waals surface area contributed by atoms with Gasteiger partial charge in [-0.1, -0.05) is 38.1 Å². The molecular weight excluding hydrogens is 499 g/mol. The first-order valence-electron chi connectivity index (χ1n) is 10.3. The topological polar surface area (TPSA) is 73.8 Å². The molecule has 1 atom stereocenters. The lowest BCUT2D eigenvalue weighted by atomic mass is 10.1. The standard InChI is InChI=1S/C21H38N4O2S.HI/c1-6-22-21(24-18(4)10-9-15-25(7-2)8-3)23-16-19-11-13-20(14-12-19)17-28(5,26)27;/h11-14,18H,6-10,15-17H2,1-5H3,(H2,22,23,24);1H. The van der Waals surface area contributed by atoms with Crippen molar-refractivity contribution in [3.63, 3.8) is 0 Å². The average molecular weight is 539 g/mol. The molecule has 6 nitrogen and oxygen atoms in total. The number of aliphatic imine (C=N–C) groups is 1. The summed E-state index contributed by atoms with van der Waals surface area (Å²) >= 11 is 0. The summed E-state index contributed by atoms with van der Waals surface area (Å²) < 4.78 is 22.8. The largest absolute Gasteiger partial charge is 0.357 e. The zero-order valence-corrected chi connectivity index (χ0v) is 21.7. The van der Waals surface area contributed by atoms with Gasteiger partial charge in [-0.2, -0.15) is 0 Å². The molecule has 8 heteroatoms. The number of guanidine groups is 1. The number of nitrogens with one attached hydrogen (secondary N) is 2. The molecule has 0 fully saturated rings. The van der Waals surface area contributed by atoms with Gasteiger partial charge >= 0.3 is 0 Å². The van der Waals surface area contributed by atoms with Gasteiger partial charge in [-0.05, 0) is 57.5 Å². The lowest BCUT2D eigenvalue weighted by Gasteiger charge is -2.21. The average Bonchev–Trinajstić information content (AvgIpc) is 2.63. The van der Waals surface area contributed by atoms with Crippen LogP contribution in [-0.2, 0) is 22.1 Å². The third kappa shape index (κ3) is 13.1. The molecule has 1 aromatic rings. The molecule has 1 unspecified atom stereocenters. The number of rotatable bonds is 12. The molecule has 2 N–H and O–H groups in total. The second-order valence-electron chi connectivity index (χ2n) is 7.30. The Morgan fingerprint density at radius 1 is 1.10 bits per heavy atom. The number of sulfone groups is 1. The van der Waals surface area contributed by atoms with Gasteiger partial charge in [0.25, 0.3) is 0 Å². The van der Waals surface area contributed by atoms with Crippen LogP contribution in [0.3, 0.4) is 0 Å². The number of halogens is 1. The van der Waals surface area contributed by atoms with E-state index in [9.17, 15) is 8.42 Å². The van der Waals surface area contributed by atoms with E-state index in [0.29, 0.717) is 12.6 Å². The fraction of sp³-hybridized carbons (Fsp3) is 0.667. The molecule has 0 aliphatic rings. The van der Waals surface area contributed by atoms with Crippen LogP contribution in [-0.4, -0.2) is 57.8 Å². The van der Waals surface area contributed by atoms with Gasteiger partial charge in [-0.25, -0.2) is 13.4 Å². The van der Waals surface area contributed by atoms with Crippen molar-refractivity contribution in [1.82, 2.24) is 15.5 Å². The normalized spacial score (nSPS) is 13.1. The fourth-order valence-electron chi connectivity index (χ4n) is 3.00. The summed E-state index contributed by atoms with van der Waals surface area (Å²) in [6.07, 6.45) is 3.51. The summed E-state index contributed by atoms with van der Waals surface area (Å²) in [6.45, 7) is 13.4. The monoisotopic (exact) mass is 538 g/mol. The second kappa shape index (κ2) is 15.0. The highest BCUT2D eigenvalue weighted by molar-refractivity contribution is 14.0. The summed E-state index contributed by atoms with van der Waals surface area (Å²) in [5, 5.41) is 6.78. The SMILES string of the molecule is CCNC(=NCc1ccc(CS(C)(=O)=O)cc1)NC(C)CCCN(CC)CC.I. The second-order valence-corrected chi connectivity index (χ2v) is 9.44. The van der Waals surface area contributed by atoms with Crippen LogP contribution in [0.4, 0.5) is 0 Å². The van der Waals surface area contributed by atoms with Crippen LogP contribution < -0.4 is 10.6 Å². The number of hydrogen-bond acceptors (Lipinski definition) is 4. The Bertz CT molecular complexity index is 689. The maximum atomic E-state index is 11.4. The third-order valence-electron chi connectivity index (χ3n) is 4.60. The van der Waals surface area contributed by atoms with Crippen LogP contribution in [0.1, 0.15) is 51.7 Å². The lowest BCUT2D eigenvalue weighted by molar-refractivity contribution is 0.292. The molecular formula is C21H39IN4O2S. The Balaban J connectivity index is 0.00000784. The highest BCUT2D eigenvalue weighted by atomic mass is 127. The fourth-order valence-corrected chi connectivity index (χ4v) is 3.80. The van der Waals surface area contributed by atoms with Gasteiger partial charge in [0.2, 0.25) is 0 Å². The minimum absolute atomic E-state index is 0. The van der Waals surface area contributed by atoms with Crippen molar-refractivity contribution in [1.29, 1.82) is 0 Å². The van der Waals surface area contributed by atoms with Crippen molar-refractivity contribution < 1.29 is 8.42 Å². The molecule has 1 rings (SSSR count). The van der Waals surface area contributed by atoms with E-state index in [2.05, 4.69) is 48.2 Å². The third-order valence-corrected chi connectivity index (χ3v) is 5.46. The highest BCUT2D eigenvalue weighted by Gasteiger charge is 2.07. The van der Waals surface area contributed by atoms with Crippen LogP contribution in [0.15, 0.2) is 29.3 Å². The van der Waals surface area contributed by atoms with Crippen LogP contribution in [0, 0.1) is 0 Å². The predicted octanol–water partition coefficient (Wildman–Crippen LogP) is 3.41. The van der Waals surface area contributed by atoms with Crippen LogP contribution in [0.25, 0.3) is 0 Å². The van der Waals surface area contributed by atoms with E-state index in [1.807, 2.05) is 24.3 Å². The van der Waals surface area contributed by atoms with Gasteiger partial charge in [0, 0.05) is 18.8 Å². The first-order chi connectivity index (χ1) is 13.3. The van der Waals surface area contributed by atoms with Gasteiger partial charge in [0.05, 0.1) is 12.3 Å². The molecule has 0 aliphatic carbocycles. The minimum Gasteiger partial charge on any atom is -0.357 e. The molecule has 168 valence electrons. The van der Waals surface area contributed by atoms with E-state index in [1.165, 1.54) is 6.26 Å². The Morgan fingerprint density at radius 2 is 1.69 bits per heavy atom. The lowest BCUT2D eigenvalue weighted by Crippen LogP contribution is -2.42. The molecule has 0 saturated heterocycles. The van der Waals surface area contributed by atoms with E-state index in [-0.39, 0.29) is 29.7 Å². The molecule has 0 bridgehead atoms. The summed E-state index contributed by atoms with van der Waals surface area (Å²) in [5.41, 5.74) is 1.87. The van der Waals surface area contributed by atoms with Crippen molar-refractivity contribution in [3.05, 3.63) is 35.4 Å². The predicted molar refractivity (Wildman–Crippen MR) is 135 cm³/mol. The van der Waals surface area contributed by atoms with E-state index >= 15 is 0 Å². The Hall–Kier alpha value is -0.870. The van der Waals surface area contributed by atoms with Crippen molar-refractivity contribution in [3.8, 4) is 0 Å². The number of hydrogen-bond donors (Lipinski definition) is 2. The van der Waals surface area contributed by atoms with Crippen LogP contribution in [0.5, 0.6) is 0 Å². The maximum absolute atomic E-state index is 11.4. The number of nitrogens with zero attached hydrogens (tertiary/aromatic N) is 2. The molecule has 1 aromatic carbocycles. The number of benzene rings is 1. The zero-order chi connectivity index (χ0) is 21.0. The molecule has 0 spiro atoms. The maximum Gasteiger partial charge on any atom is 0.191 e. The molecule has 29 heavy (non-hydrogen) atoms. The Morgan fingerprint density at radius 3 is 2.21 bits per heavy atom. The van der Waals surface area contributed by atoms with Crippen molar-refractivity contribution in [2.45, 2.75) is 58.9 Å². The highest BCUT2D eigenvalue weighted by Crippen LogP contribution is 2.09. The van der Waals surface area contributed by atoms with E-state index in [4.69, 9.17) is 0 Å². The Labute approximate surface area is 194 Å². The smallest absolute Gasteiger partial charge is 0.191 e. The van der Waals surface area contributed by atoms with Crippen molar-refractivity contribution >= 4 is 39.8 Å². The van der Waals surface area contributed by atoms with Crippen molar-refractivity contribution in [2.24, 2.45) is 4.99 Å². The van der Waals surface area contributed by atoms with Gasteiger partial charge in [-0.15, -0.1) is 24.0 Å². The summed E-state index contributed by atoms with van der Waals surface area (Å²) in [6, 6.07) is 7.97. The zero-order valence-electron chi connectivity index (χ0n) is 18.6. The summed E-state index contributed by atoms with van der Waals surface area (Å²) in [7, 11) is -3.00. The molecule has 0 aliphatic heterocycles. The molecule has 0 amide bonds. The first kappa shape index (κ1) is 28.1. The first-order valence-corrected chi connectivity index (χ1v) is 12.4. The van der Waals surface area contributed by atoms with E-state index in [0.717, 1.165) is 56.1 Å². The summed E-state index contributed by atoms with van der Waals surface area (Å²) in [5.74, 6) is 0.893. The van der Waals surface area contributed by atoms with Crippen molar-refractivity contribution in [2.75, 3.05) is 32.4 Å². The van der Waals surface area contributed by atoms with Gasteiger partial charge < -0.3 is 15.5 Å². The molecule has 0 aromatic heterocycles.